The Hall–Kier alpha value is -0.310. The first-order chi connectivity index (χ1) is 6.68. The summed E-state index contributed by atoms with van der Waals surface area (Å²) in [6.07, 6.45) is 2.14. The number of hydrogen-bond acceptors (Lipinski definition) is 1. The van der Waals surface area contributed by atoms with Crippen LogP contribution in [0.4, 0.5) is 4.39 Å². The van der Waals surface area contributed by atoms with E-state index in [0.717, 1.165) is 24.9 Å². The van der Waals surface area contributed by atoms with Crippen LogP contribution in [0, 0.1) is 5.82 Å². The number of benzene rings is 1. The largest absolute Gasteiger partial charge is 0.310 e. The van der Waals surface area contributed by atoms with Crippen molar-refractivity contribution in [1.29, 1.82) is 0 Å². The molecule has 0 aliphatic carbocycles. The lowest BCUT2D eigenvalue weighted by atomic mass is 10.1. The first kappa shape index (κ1) is 10.2. The standard InChI is InChI=1S/C10H10Cl2FN/c11-7-4-6(5-8(13)10(7)12)9-2-1-3-14-9/h4-5,9,14H,1-3H2/t9-/m0/s1. The highest BCUT2D eigenvalue weighted by molar-refractivity contribution is 6.42. The van der Waals surface area contributed by atoms with Gasteiger partial charge in [-0.3, -0.25) is 0 Å². The third-order valence-electron chi connectivity index (χ3n) is 2.47. The minimum absolute atomic E-state index is 0.00779. The van der Waals surface area contributed by atoms with Crippen LogP contribution in [0.25, 0.3) is 0 Å². The molecule has 1 aromatic rings. The molecule has 4 heteroatoms. The molecule has 1 atom stereocenters. The minimum atomic E-state index is -0.442. The zero-order chi connectivity index (χ0) is 10.1. The van der Waals surface area contributed by atoms with Crippen LogP contribution in [0.3, 0.4) is 0 Å². The van der Waals surface area contributed by atoms with E-state index >= 15 is 0 Å². The van der Waals surface area contributed by atoms with Crippen molar-refractivity contribution >= 4 is 23.2 Å². The van der Waals surface area contributed by atoms with Gasteiger partial charge in [-0.2, -0.15) is 0 Å². The average molecular weight is 234 g/mol. The van der Waals surface area contributed by atoms with Crippen molar-refractivity contribution in [3.63, 3.8) is 0 Å². The monoisotopic (exact) mass is 233 g/mol. The van der Waals surface area contributed by atoms with Gasteiger partial charge >= 0.3 is 0 Å². The fourth-order valence-corrected chi connectivity index (χ4v) is 2.07. The summed E-state index contributed by atoms with van der Waals surface area (Å²) in [6.45, 7) is 0.979. The molecule has 1 fully saturated rings. The van der Waals surface area contributed by atoms with E-state index in [9.17, 15) is 4.39 Å². The maximum absolute atomic E-state index is 13.2. The van der Waals surface area contributed by atoms with E-state index in [1.165, 1.54) is 6.07 Å². The van der Waals surface area contributed by atoms with Crippen LogP contribution in [0.1, 0.15) is 24.4 Å². The van der Waals surface area contributed by atoms with E-state index in [-0.39, 0.29) is 16.1 Å². The van der Waals surface area contributed by atoms with E-state index in [1.807, 2.05) is 0 Å². The second kappa shape index (κ2) is 4.05. The van der Waals surface area contributed by atoms with Crippen molar-refractivity contribution < 1.29 is 4.39 Å². The van der Waals surface area contributed by atoms with Gasteiger partial charge in [-0.1, -0.05) is 23.2 Å². The Morgan fingerprint density at radius 1 is 1.36 bits per heavy atom. The van der Waals surface area contributed by atoms with Crippen LogP contribution in [0.5, 0.6) is 0 Å². The molecule has 1 aliphatic heterocycles. The van der Waals surface area contributed by atoms with Crippen molar-refractivity contribution in [2.75, 3.05) is 6.54 Å². The van der Waals surface area contributed by atoms with Crippen LogP contribution in [-0.2, 0) is 0 Å². The van der Waals surface area contributed by atoms with Crippen LogP contribution >= 0.6 is 23.2 Å². The van der Waals surface area contributed by atoms with Crippen molar-refractivity contribution in [2.24, 2.45) is 0 Å². The van der Waals surface area contributed by atoms with Gasteiger partial charge < -0.3 is 5.32 Å². The Morgan fingerprint density at radius 3 is 2.71 bits per heavy atom. The Morgan fingerprint density at radius 2 is 2.14 bits per heavy atom. The van der Waals surface area contributed by atoms with Crippen molar-refractivity contribution in [3.05, 3.63) is 33.6 Å². The normalized spacial score (nSPS) is 21.5. The summed E-state index contributed by atoms with van der Waals surface area (Å²) >= 11 is 11.4. The Bertz CT molecular complexity index is 325. The van der Waals surface area contributed by atoms with Crippen LogP contribution < -0.4 is 5.32 Å². The van der Waals surface area contributed by atoms with Gasteiger partial charge in [0, 0.05) is 6.04 Å². The number of hydrogen-bond donors (Lipinski definition) is 1. The van der Waals surface area contributed by atoms with E-state index < -0.39 is 5.82 Å². The van der Waals surface area contributed by atoms with Gasteiger partial charge in [0.1, 0.15) is 5.82 Å². The highest BCUT2D eigenvalue weighted by atomic mass is 35.5. The lowest BCUT2D eigenvalue weighted by molar-refractivity contribution is 0.607. The Kier molecular flexibility index (Phi) is 2.96. The summed E-state index contributed by atoms with van der Waals surface area (Å²) in [5, 5.41) is 3.57. The van der Waals surface area contributed by atoms with Gasteiger partial charge in [-0.05, 0) is 37.1 Å². The Balaban J connectivity index is 2.34. The zero-order valence-electron chi connectivity index (χ0n) is 7.49. The van der Waals surface area contributed by atoms with Crippen LogP contribution in [-0.4, -0.2) is 6.54 Å². The smallest absolute Gasteiger partial charge is 0.143 e. The fraction of sp³-hybridized carbons (Fsp3) is 0.400. The maximum atomic E-state index is 13.2. The lowest BCUT2D eigenvalue weighted by Gasteiger charge is -2.11. The molecule has 0 spiro atoms. The van der Waals surface area contributed by atoms with Gasteiger partial charge in [0.25, 0.3) is 0 Å². The summed E-state index contributed by atoms with van der Waals surface area (Å²) in [6, 6.07) is 3.41. The van der Waals surface area contributed by atoms with Gasteiger partial charge in [0.2, 0.25) is 0 Å². The lowest BCUT2D eigenvalue weighted by Crippen LogP contribution is -2.13. The van der Waals surface area contributed by atoms with Gasteiger partial charge in [-0.25, -0.2) is 4.39 Å². The van der Waals surface area contributed by atoms with Crippen LogP contribution in [0.15, 0.2) is 12.1 Å². The third kappa shape index (κ3) is 1.88. The molecular formula is C10H10Cl2FN. The fourth-order valence-electron chi connectivity index (χ4n) is 1.75. The number of nitrogens with one attached hydrogen (secondary N) is 1. The van der Waals surface area contributed by atoms with E-state index in [4.69, 9.17) is 23.2 Å². The molecule has 0 bridgehead atoms. The summed E-state index contributed by atoms with van der Waals surface area (Å²) in [4.78, 5) is 0. The predicted molar refractivity (Wildman–Crippen MR) is 56.4 cm³/mol. The summed E-state index contributed by atoms with van der Waals surface area (Å²) in [5.41, 5.74) is 0.884. The second-order valence-corrected chi connectivity index (χ2v) is 4.23. The van der Waals surface area contributed by atoms with Gasteiger partial charge in [-0.15, -0.1) is 0 Å². The average Bonchev–Trinajstić information content (AvgIpc) is 2.66. The molecule has 1 saturated heterocycles. The van der Waals surface area contributed by atoms with Gasteiger partial charge in [0.15, 0.2) is 0 Å². The SMILES string of the molecule is Fc1cc([C@@H]2CCCN2)cc(Cl)c1Cl. The third-order valence-corrected chi connectivity index (χ3v) is 3.25. The van der Waals surface area contributed by atoms with Gasteiger partial charge in [0.05, 0.1) is 10.0 Å². The zero-order valence-corrected chi connectivity index (χ0v) is 9.00. The first-order valence-corrected chi connectivity index (χ1v) is 5.32. The summed E-state index contributed by atoms with van der Waals surface area (Å²) in [5.74, 6) is -0.442. The predicted octanol–water partition coefficient (Wildman–Crippen LogP) is 3.56. The highest BCUT2D eigenvalue weighted by Crippen LogP contribution is 2.31. The molecule has 1 aliphatic rings. The topological polar surface area (TPSA) is 12.0 Å². The molecule has 0 amide bonds. The number of halogens is 3. The second-order valence-electron chi connectivity index (χ2n) is 3.45. The molecule has 0 aromatic heterocycles. The van der Waals surface area contributed by atoms with Crippen LogP contribution in [0.2, 0.25) is 10.0 Å². The van der Waals surface area contributed by atoms with E-state index in [2.05, 4.69) is 5.32 Å². The molecule has 0 saturated carbocycles. The first-order valence-electron chi connectivity index (χ1n) is 4.56. The molecular weight excluding hydrogens is 224 g/mol. The molecule has 2 rings (SSSR count). The highest BCUT2D eigenvalue weighted by Gasteiger charge is 2.18. The quantitative estimate of drug-likeness (QED) is 0.732. The minimum Gasteiger partial charge on any atom is -0.310 e. The molecule has 14 heavy (non-hydrogen) atoms. The summed E-state index contributed by atoms with van der Waals surface area (Å²) < 4.78 is 13.2. The van der Waals surface area contributed by atoms with Crippen molar-refractivity contribution in [1.82, 2.24) is 5.32 Å². The molecule has 1 nitrogen and oxygen atoms in total. The molecule has 0 radical (unpaired) electrons. The molecule has 76 valence electrons. The summed E-state index contributed by atoms with van der Waals surface area (Å²) in [7, 11) is 0. The molecule has 0 unspecified atom stereocenters. The molecule has 1 heterocycles. The molecule has 1 N–H and O–H groups in total. The molecule has 1 aromatic carbocycles. The Labute approximate surface area is 92.2 Å². The van der Waals surface area contributed by atoms with Crippen molar-refractivity contribution in [2.45, 2.75) is 18.9 Å². The van der Waals surface area contributed by atoms with E-state index in [1.54, 1.807) is 6.07 Å². The van der Waals surface area contributed by atoms with E-state index in [0.29, 0.717) is 0 Å². The number of rotatable bonds is 1. The maximum Gasteiger partial charge on any atom is 0.143 e. The van der Waals surface area contributed by atoms with Crippen molar-refractivity contribution in [3.8, 4) is 0 Å².